The number of ether oxygens (including phenoxy) is 2. The maximum Gasteiger partial charge on any atom is 0.325 e. The first-order chi connectivity index (χ1) is 14.0. The molecule has 2 aliphatic heterocycles. The highest BCUT2D eigenvalue weighted by atomic mass is 16.5. The molecular weight excluding hydrogens is 374 g/mol. The Hall–Kier alpha value is -2.77. The molecule has 2 fully saturated rings. The van der Waals surface area contributed by atoms with E-state index in [1.165, 1.54) is 0 Å². The predicted octanol–water partition coefficient (Wildman–Crippen LogP) is 2.28. The molecule has 4 rings (SSSR count). The summed E-state index contributed by atoms with van der Waals surface area (Å²) in [7, 11) is 0. The SMILES string of the molecule is CC(NC(=O)CN1C(=O)NC2(CCCCC2)C1=O)c1ccc2c(c1)OCCCO2. The third kappa shape index (κ3) is 3.88. The Kier molecular flexibility index (Phi) is 5.34. The maximum atomic E-state index is 12.8. The fourth-order valence-corrected chi connectivity index (χ4v) is 4.28. The number of hydrogen-bond acceptors (Lipinski definition) is 5. The number of hydrogen-bond donors (Lipinski definition) is 2. The van der Waals surface area contributed by atoms with Crippen LogP contribution in [-0.4, -0.2) is 48.0 Å². The summed E-state index contributed by atoms with van der Waals surface area (Å²) in [6.07, 6.45) is 5.00. The van der Waals surface area contributed by atoms with Gasteiger partial charge in [-0.25, -0.2) is 4.79 Å². The van der Waals surface area contributed by atoms with Crippen molar-refractivity contribution in [2.24, 2.45) is 0 Å². The first kappa shape index (κ1) is 19.5. The van der Waals surface area contributed by atoms with Gasteiger partial charge in [-0.15, -0.1) is 0 Å². The molecule has 1 aliphatic carbocycles. The molecule has 4 amide bonds. The van der Waals surface area contributed by atoms with Crippen LogP contribution >= 0.6 is 0 Å². The largest absolute Gasteiger partial charge is 0.490 e. The summed E-state index contributed by atoms with van der Waals surface area (Å²) in [5, 5.41) is 5.70. The summed E-state index contributed by atoms with van der Waals surface area (Å²) in [5.74, 6) is 0.706. The fraction of sp³-hybridized carbons (Fsp3) is 0.571. The van der Waals surface area contributed by atoms with Crippen LogP contribution in [0.1, 0.15) is 57.1 Å². The molecule has 8 nitrogen and oxygen atoms in total. The van der Waals surface area contributed by atoms with Gasteiger partial charge in [0.15, 0.2) is 11.5 Å². The Morgan fingerprint density at radius 3 is 2.62 bits per heavy atom. The summed E-state index contributed by atoms with van der Waals surface area (Å²) in [5.41, 5.74) is 0.0544. The van der Waals surface area contributed by atoms with E-state index in [-0.39, 0.29) is 24.4 Å². The summed E-state index contributed by atoms with van der Waals surface area (Å²) in [6, 6.07) is 4.79. The molecular formula is C21H27N3O5. The predicted molar refractivity (Wildman–Crippen MR) is 105 cm³/mol. The molecule has 1 unspecified atom stereocenters. The topological polar surface area (TPSA) is 97.0 Å². The van der Waals surface area contributed by atoms with Gasteiger partial charge in [-0.3, -0.25) is 14.5 Å². The standard InChI is InChI=1S/C21H27N3O5/c1-14(15-6-7-16-17(12-15)29-11-5-10-28-16)22-18(25)13-24-19(26)21(23-20(24)27)8-3-2-4-9-21/h6-7,12,14H,2-5,8-11,13H2,1H3,(H,22,25)(H,23,27). The number of nitrogens with one attached hydrogen (secondary N) is 2. The minimum atomic E-state index is -0.810. The molecule has 2 N–H and O–H groups in total. The van der Waals surface area contributed by atoms with E-state index in [1.807, 2.05) is 25.1 Å². The van der Waals surface area contributed by atoms with Crippen molar-refractivity contribution in [3.05, 3.63) is 23.8 Å². The van der Waals surface area contributed by atoms with Gasteiger partial charge in [0.2, 0.25) is 5.91 Å². The van der Waals surface area contributed by atoms with Gasteiger partial charge in [0.05, 0.1) is 19.3 Å². The van der Waals surface area contributed by atoms with E-state index in [4.69, 9.17) is 9.47 Å². The second-order valence-corrected chi connectivity index (χ2v) is 8.01. The van der Waals surface area contributed by atoms with Crippen molar-refractivity contribution in [1.82, 2.24) is 15.5 Å². The molecule has 1 aromatic rings. The van der Waals surface area contributed by atoms with Gasteiger partial charge in [0.25, 0.3) is 5.91 Å². The highest BCUT2D eigenvalue weighted by Crippen LogP contribution is 2.34. The average Bonchev–Trinajstić information content (AvgIpc) is 2.88. The normalized spacial score (nSPS) is 21.5. The molecule has 1 saturated heterocycles. The van der Waals surface area contributed by atoms with Crippen LogP contribution in [0.4, 0.5) is 4.79 Å². The van der Waals surface area contributed by atoms with Gasteiger partial charge in [0, 0.05) is 6.42 Å². The summed E-state index contributed by atoms with van der Waals surface area (Å²) < 4.78 is 11.3. The molecule has 0 radical (unpaired) electrons. The maximum absolute atomic E-state index is 12.8. The molecule has 1 atom stereocenters. The zero-order valence-corrected chi connectivity index (χ0v) is 16.7. The second-order valence-electron chi connectivity index (χ2n) is 8.01. The van der Waals surface area contributed by atoms with E-state index in [0.717, 1.165) is 36.1 Å². The van der Waals surface area contributed by atoms with Crippen molar-refractivity contribution >= 4 is 17.8 Å². The van der Waals surface area contributed by atoms with Gasteiger partial charge in [0.1, 0.15) is 12.1 Å². The van der Waals surface area contributed by atoms with Crippen LogP contribution in [0.15, 0.2) is 18.2 Å². The smallest absolute Gasteiger partial charge is 0.325 e. The molecule has 0 aromatic heterocycles. The van der Waals surface area contributed by atoms with Crippen LogP contribution in [0.25, 0.3) is 0 Å². The average molecular weight is 401 g/mol. The Bertz CT molecular complexity index is 819. The molecule has 2 heterocycles. The molecule has 1 spiro atoms. The van der Waals surface area contributed by atoms with Crippen LogP contribution in [-0.2, 0) is 9.59 Å². The number of carbonyl (C=O) groups excluding carboxylic acids is 3. The zero-order valence-electron chi connectivity index (χ0n) is 16.7. The van der Waals surface area contributed by atoms with Gasteiger partial charge in [-0.1, -0.05) is 25.3 Å². The van der Waals surface area contributed by atoms with Crippen LogP contribution in [0.5, 0.6) is 11.5 Å². The quantitative estimate of drug-likeness (QED) is 0.755. The van der Waals surface area contributed by atoms with E-state index in [9.17, 15) is 14.4 Å². The lowest BCUT2D eigenvalue weighted by Gasteiger charge is -2.30. The first-order valence-electron chi connectivity index (χ1n) is 10.3. The Morgan fingerprint density at radius 2 is 1.86 bits per heavy atom. The zero-order chi connectivity index (χ0) is 20.4. The lowest BCUT2D eigenvalue weighted by molar-refractivity contribution is -0.136. The molecule has 29 heavy (non-hydrogen) atoms. The van der Waals surface area contributed by atoms with Crippen molar-refractivity contribution in [1.29, 1.82) is 0 Å². The molecule has 1 aromatic carbocycles. The van der Waals surface area contributed by atoms with E-state index in [2.05, 4.69) is 10.6 Å². The second kappa shape index (κ2) is 7.93. The van der Waals surface area contributed by atoms with Gasteiger partial charge in [-0.2, -0.15) is 0 Å². The van der Waals surface area contributed by atoms with E-state index < -0.39 is 11.6 Å². The van der Waals surface area contributed by atoms with E-state index >= 15 is 0 Å². The number of rotatable bonds is 4. The van der Waals surface area contributed by atoms with E-state index in [0.29, 0.717) is 37.6 Å². The van der Waals surface area contributed by atoms with Crippen molar-refractivity contribution in [3.63, 3.8) is 0 Å². The summed E-state index contributed by atoms with van der Waals surface area (Å²) >= 11 is 0. The fourth-order valence-electron chi connectivity index (χ4n) is 4.28. The van der Waals surface area contributed by atoms with Crippen LogP contribution in [0, 0.1) is 0 Å². The third-order valence-corrected chi connectivity index (χ3v) is 5.90. The Morgan fingerprint density at radius 1 is 1.14 bits per heavy atom. The van der Waals surface area contributed by atoms with Crippen LogP contribution in [0.3, 0.4) is 0 Å². The number of benzene rings is 1. The number of amides is 4. The van der Waals surface area contributed by atoms with Crippen molar-refractivity contribution in [2.45, 2.75) is 57.0 Å². The van der Waals surface area contributed by atoms with E-state index in [1.54, 1.807) is 0 Å². The molecule has 0 bridgehead atoms. The van der Waals surface area contributed by atoms with Crippen LogP contribution in [0.2, 0.25) is 0 Å². The molecule has 3 aliphatic rings. The number of nitrogens with zero attached hydrogens (tertiary/aromatic N) is 1. The third-order valence-electron chi connectivity index (χ3n) is 5.90. The minimum Gasteiger partial charge on any atom is -0.490 e. The Labute approximate surface area is 169 Å². The molecule has 156 valence electrons. The van der Waals surface area contributed by atoms with Gasteiger partial charge >= 0.3 is 6.03 Å². The van der Waals surface area contributed by atoms with Crippen molar-refractivity contribution in [2.75, 3.05) is 19.8 Å². The number of carbonyl (C=O) groups is 3. The number of urea groups is 1. The lowest BCUT2D eigenvalue weighted by Crippen LogP contribution is -2.49. The number of fused-ring (bicyclic) bond motifs is 1. The van der Waals surface area contributed by atoms with Gasteiger partial charge < -0.3 is 20.1 Å². The Balaban J connectivity index is 1.39. The minimum absolute atomic E-state index is 0.276. The highest BCUT2D eigenvalue weighted by molar-refractivity contribution is 6.09. The monoisotopic (exact) mass is 401 g/mol. The van der Waals surface area contributed by atoms with Crippen molar-refractivity contribution < 1.29 is 23.9 Å². The number of imide groups is 1. The molecule has 8 heteroatoms. The first-order valence-corrected chi connectivity index (χ1v) is 10.3. The summed E-state index contributed by atoms with van der Waals surface area (Å²) in [6.45, 7) is 2.78. The highest BCUT2D eigenvalue weighted by Gasteiger charge is 2.51. The summed E-state index contributed by atoms with van der Waals surface area (Å²) in [4.78, 5) is 38.7. The lowest BCUT2D eigenvalue weighted by atomic mass is 9.82. The van der Waals surface area contributed by atoms with Crippen LogP contribution < -0.4 is 20.1 Å². The molecule has 1 saturated carbocycles. The van der Waals surface area contributed by atoms with Gasteiger partial charge in [-0.05, 0) is 37.5 Å². The van der Waals surface area contributed by atoms with Crippen molar-refractivity contribution in [3.8, 4) is 11.5 Å².